The molecular weight excluding hydrogens is 318 g/mol. The van der Waals surface area contributed by atoms with Crippen LogP contribution in [0.15, 0.2) is 35.2 Å². The predicted molar refractivity (Wildman–Crippen MR) is 72.8 cm³/mol. The molecule has 1 aliphatic rings. The zero-order chi connectivity index (χ0) is 13.2. The zero-order valence-electron chi connectivity index (χ0n) is 9.84. The van der Waals surface area contributed by atoms with Crippen LogP contribution < -0.4 is 4.72 Å². The van der Waals surface area contributed by atoms with Crippen molar-refractivity contribution >= 4 is 26.0 Å². The van der Waals surface area contributed by atoms with Crippen LogP contribution in [0.25, 0.3) is 0 Å². The van der Waals surface area contributed by atoms with Gasteiger partial charge in [0.2, 0.25) is 10.0 Å². The van der Waals surface area contributed by atoms with Crippen molar-refractivity contribution in [2.24, 2.45) is 5.92 Å². The summed E-state index contributed by atoms with van der Waals surface area (Å²) in [6.07, 6.45) is 2.05. The monoisotopic (exact) mass is 333 g/mol. The number of rotatable bonds is 4. The minimum Gasteiger partial charge on any atom is -0.379 e. The molecule has 2 atom stereocenters. The van der Waals surface area contributed by atoms with E-state index in [2.05, 4.69) is 20.7 Å². The van der Waals surface area contributed by atoms with Crippen LogP contribution in [0.1, 0.15) is 19.3 Å². The second kappa shape index (κ2) is 5.28. The molecule has 18 heavy (non-hydrogen) atoms. The summed E-state index contributed by atoms with van der Waals surface area (Å²) in [5.41, 5.74) is 0. The molecule has 0 unspecified atom stereocenters. The van der Waals surface area contributed by atoms with E-state index in [9.17, 15) is 13.5 Å². The van der Waals surface area contributed by atoms with E-state index in [1.54, 1.807) is 30.3 Å². The third kappa shape index (κ3) is 3.54. The Morgan fingerprint density at radius 2 is 2.06 bits per heavy atom. The first kappa shape index (κ1) is 14.0. The third-order valence-electron chi connectivity index (χ3n) is 3.15. The van der Waals surface area contributed by atoms with Crippen LogP contribution in [0, 0.1) is 5.92 Å². The third-order valence-corrected chi connectivity index (χ3v) is 5.31. The zero-order valence-corrected chi connectivity index (χ0v) is 12.2. The molecule has 0 heterocycles. The Balaban J connectivity index is 1.95. The van der Waals surface area contributed by atoms with Crippen molar-refractivity contribution in [2.45, 2.75) is 28.7 Å². The number of alkyl halides is 1. The molecule has 0 radical (unpaired) electrons. The fraction of sp³-hybridized carbons (Fsp3) is 0.500. The molecule has 0 saturated heterocycles. The van der Waals surface area contributed by atoms with Gasteiger partial charge in [0.15, 0.2) is 0 Å². The summed E-state index contributed by atoms with van der Waals surface area (Å²) in [4.78, 5) is 0.275. The van der Waals surface area contributed by atoms with Crippen LogP contribution >= 0.6 is 15.9 Å². The van der Waals surface area contributed by atoms with Crippen molar-refractivity contribution in [1.82, 2.24) is 4.72 Å². The summed E-state index contributed by atoms with van der Waals surface area (Å²) in [5, 5.41) is 9.75. The van der Waals surface area contributed by atoms with E-state index in [0.717, 1.165) is 6.42 Å². The first-order valence-electron chi connectivity index (χ1n) is 5.85. The number of hydrogen-bond donors (Lipinski definition) is 2. The van der Waals surface area contributed by atoms with E-state index in [4.69, 9.17) is 0 Å². The van der Waals surface area contributed by atoms with Gasteiger partial charge in [-0.25, -0.2) is 13.1 Å². The largest absolute Gasteiger partial charge is 0.379 e. The number of benzene rings is 1. The van der Waals surface area contributed by atoms with Gasteiger partial charge < -0.3 is 5.11 Å². The average Bonchev–Trinajstić information content (AvgIpc) is 2.68. The number of halogens is 1. The van der Waals surface area contributed by atoms with Crippen molar-refractivity contribution in [3.63, 3.8) is 0 Å². The Labute approximate surface area is 116 Å². The summed E-state index contributed by atoms with van der Waals surface area (Å²) in [5.74, 6) is 0.174. The smallest absolute Gasteiger partial charge is 0.240 e. The highest BCUT2D eigenvalue weighted by Crippen LogP contribution is 2.38. The van der Waals surface area contributed by atoms with Gasteiger partial charge in [0.25, 0.3) is 0 Å². The summed E-state index contributed by atoms with van der Waals surface area (Å²) in [7, 11) is -3.43. The quantitative estimate of drug-likeness (QED) is 0.826. The molecule has 2 N–H and O–H groups in total. The Hall–Kier alpha value is -0.430. The molecule has 0 amide bonds. The second-order valence-electron chi connectivity index (χ2n) is 4.69. The van der Waals surface area contributed by atoms with Gasteiger partial charge in [-0.2, -0.15) is 0 Å². The highest BCUT2D eigenvalue weighted by molar-refractivity contribution is 9.10. The molecule has 1 aromatic rings. The maximum absolute atomic E-state index is 12.0. The van der Waals surface area contributed by atoms with Crippen molar-refractivity contribution in [1.29, 1.82) is 0 Å². The van der Waals surface area contributed by atoms with Crippen molar-refractivity contribution in [3.8, 4) is 0 Å². The van der Waals surface area contributed by atoms with E-state index in [1.807, 2.05) is 0 Å². The number of sulfonamides is 1. The lowest BCUT2D eigenvalue weighted by Gasteiger charge is -2.14. The molecule has 0 bridgehead atoms. The lowest BCUT2D eigenvalue weighted by atomic mass is 10.1. The first-order chi connectivity index (χ1) is 8.39. The second-order valence-corrected chi connectivity index (χ2v) is 7.93. The van der Waals surface area contributed by atoms with Crippen LogP contribution in [0.3, 0.4) is 0 Å². The SMILES string of the molecule is O=S(=O)(NC[C@@H]1CC[C@](O)(Br)C1)c1ccccc1. The lowest BCUT2D eigenvalue weighted by molar-refractivity contribution is 0.148. The molecule has 1 aromatic carbocycles. The van der Waals surface area contributed by atoms with Gasteiger partial charge in [-0.3, -0.25) is 0 Å². The minimum absolute atomic E-state index is 0.174. The summed E-state index contributed by atoms with van der Waals surface area (Å²) >= 11 is 3.23. The molecule has 6 heteroatoms. The van der Waals surface area contributed by atoms with E-state index in [1.165, 1.54) is 0 Å². The van der Waals surface area contributed by atoms with E-state index < -0.39 is 14.5 Å². The van der Waals surface area contributed by atoms with Gasteiger partial charge in [-0.15, -0.1) is 0 Å². The normalized spacial score (nSPS) is 28.4. The number of hydrogen-bond acceptors (Lipinski definition) is 3. The maximum Gasteiger partial charge on any atom is 0.240 e. The number of nitrogens with one attached hydrogen (secondary N) is 1. The van der Waals surface area contributed by atoms with Crippen LogP contribution in [0.5, 0.6) is 0 Å². The van der Waals surface area contributed by atoms with Crippen molar-refractivity contribution in [2.75, 3.05) is 6.54 Å². The van der Waals surface area contributed by atoms with Crippen LogP contribution in [-0.4, -0.2) is 24.6 Å². The van der Waals surface area contributed by atoms with Gasteiger partial charge in [0.05, 0.1) is 4.90 Å². The van der Waals surface area contributed by atoms with Crippen molar-refractivity contribution in [3.05, 3.63) is 30.3 Å². The maximum atomic E-state index is 12.0. The van der Waals surface area contributed by atoms with Crippen LogP contribution in [0.2, 0.25) is 0 Å². The van der Waals surface area contributed by atoms with Crippen LogP contribution in [0.4, 0.5) is 0 Å². The highest BCUT2D eigenvalue weighted by atomic mass is 79.9. The van der Waals surface area contributed by atoms with E-state index >= 15 is 0 Å². The Kier molecular flexibility index (Phi) is 4.11. The Morgan fingerprint density at radius 3 is 2.61 bits per heavy atom. The van der Waals surface area contributed by atoms with Gasteiger partial charge in [0, 0.05) is 6.54 Å². The molecule has 2 rings (SSSR count). The predicted octanol–water partition coefficient (Wildman–Crippen LogP) is 1.85. The van der Waals surface area contributed by atoms with Gasteiger partial charge >= 0.3 is 0 Å². The van der Waals surface area contributed by atoms with Gasteiger partial charge in [-0.1, -0.05) is 34.1 Å². The van der Waals surface area contributed by atoms with Crippen molar-refractivity contribution < 1.29 is 13.5 Å². The van der Waals surface area contributed by atoms with Crippen LogP contribution in [-0.2, 0) is 10.0 Å². The average molecular weight is 334 g/mol. The number of aliphatic hydroxyl groups is 1. The molecule has 0 spiro atoms. The fourth-order valence-electron chi connectivity index (χ4n) is 2.16. The molecule has 1 aliphatic carbocycles. The molecule has 0 aromatic heterocycles. The summed E-state index contributed by atoms with van der Waals surface area (Å²) in [6, 6.07) is 8.30. The molecular formula is C12H16BrNO3S. The minimum atomic E-state index is -3.43. The molecule has 1 fully saturated rings. The Morgan fingerprint density at radius 1 is 1.39 bits per heavy atom. The first-order valence-corrected chi connectivity index (χ1v) is 8.13. The summed E-state index contributed by atoms with van der Waals surface area (Å²) < 4.78 is 25.7. The fourth-order valence-corrected chi connectivity index (χ4v) is 3.98. The Bertz CT molecular complexity index is 501. The molecule has 1 saturated carbocycles. The molecule has 100 valence electrons. The van der Waals surface area contributed by atoms with Gasteiger partial charge in [-0.05, 0) is 37.3 Å². The molecule has 4 nitrogen and oxygen atoms in total. The topological polar surface area (TPSA) is 66.4 Å². The van der Waals surface area contributed by atoms with E-state index in [-0.39, 0.29) is 10.8 Å². The molecule has 0 aliphatic heterocycles. The summed E-state index contributed by atoms with van der Waals surface area (Å²) in [6.45, 7) is 0.366. The standard InChI is InChI=1S/C12H16BrNO3S/c13-12(15)7-6-10(8-12)9-14-18(16,17)11-4-2-1-3-5-11/h1-5,10,14-15H,6-9H2/t10-,12-/m1/s1. The van der Waals surface area contributed by atoms with Gasteiger partial charge in [0.1, 0.15) is 4.51 Å². The highest BCUT2D eigenvalue weighted by Gasteiger charge is 2.35. The lowest BCUT2D eigenvalue weighted by Crippen LogP contribution is -2.29. The van der Waals surface area contributed by atoms with E-state index in [0.29, 0.717) is 19.4 Å².